The molecule has 0 bridgehead atoms. The zero-order valence-corrected chi connectivity index (χ0v) is 7.31. The highest BCUT2D eigenvalue weighted by Crippen LogP contribution is 2.05. The van der Waals surface area contributed by atoms with Gasteiger partial charge in [-0.2, -0.15) is 0 Å². The number of amides is 1. The molecular weight excluding hydrogens is 144 g/mol. The maximum absolute atomic E-state index is 10.8. The summed E-state index contributed by atoms with van der Waals surface area (Å²) in [4.78, 5) is 15.2. The maximum Gasteiger partial charge on any atom is 0.243 e. The molecule has 0 heterocycles. The van der Waals surface area contributed by atoms with Crippen LogP contribution in [0, 0.1) is 0 Å². The summed E-state index contributed by atoms with van der Waals surface area (Å²) in [7, 11) is 1.41. The van der Waals surface area contributed by atoms with Gasteiger partial charge in [-0.05, 0) is 20.3 Å². The van der Waals surface area contributed by atoms with Gasteiger partial charge in [0.05, 0.1) is 7.11 Å². The second-order valence-electron chi connectivity index (χ2n) is 3.22. The lowest BCUT2D eigenvalue weighted by Gasteiger charge is -2.17. The zero-order chi connectivity index (χ0) is 8.91. The summed E-state index contributed by atoms with van der Waals surface area (Å²) in [6, 6.07) is 0. The maximum atomic E-state index is 10.8. The first-order chi connectivity index (χ1) is 4.95. The molecule has 4 heteroatoms. The van der Waals surface area contributed by atoms with Crippen LogP contribution in [0.15, 0.2) is 0 Å². The first kappa shape index (κ1) is 10.4. The van der Waals surface area contributed by atoms with Gasteiger partial charge in [0.25, 0.3) is 0 Å². The Hall–Kier alpha value is -0.610. The Labute approximate surface area is 67.0 Å². The molecular formula is C7H16N2O2. The van der Waals surface area contributed by atoms with Gasteiger partial charge < -0.3 is 5.73 Å². The van der Waals surface area contributed by atoms with Gasteiger partial charge in [0, 0.05) is 12.0 Å². The van der Waals surface area contributed by atoms with E-state index in [1.807, 2.05) is 13.8 Å². The fourth-order valence-corrected chi connectivity index (χ4v) is 0.601. The number of nitrogens with two attached hydrogens (primary N) is 1. The quantitative estimate of drug-likeness (QED) is 0.577. The standard InChI is InChI=1S/C7H16N2O2/c1-7(2,8)5-4-6(10)9-11-3/h4-5,8H2,1-3H3,(H,9,10). The molecule has 0 aromatic rings. The van der Waals surface area contributed by atoms with Crippen LogP contribution in [-0.2, 0) is 9.63 Å². The Morgan fingerprint density at radius 3 is 2.55 bits per heavy atom. The molecule has 0 unspecified atom stereocenters. The Bertz CT molecular complexity index is 129. The summed E-state index contributed by atoms with van der Waals surface area (Å²) < 4.78 is 0. The minimum absolute atomic E-state index is 0.133. The van der Waals surface area contributed by atoms with E-state index in [1.54, 1.807) is 0 Å². The molecule has 0 rings (SSSR count). The monoisotopic (exact) mass is 160 g/mol. The van der Waals surface area contributed by atoms with Crippen LogP contribution in [0.1, 0.15) is 26.7 Å². The van der Waals surface area contributed by atoms with Crippen LogP contribution in [0.3, 0.4) is 0 Å². The van der Waals surface area contributed by atoms with Crippen LogP contribution in [0.25, 0.3) is 0 Å². The van der Waals surface area contributed by atoms with Crippen LogP contribution in [0.2, 0.25) is 0 Å². The van der Waals surface area contributed by atoms with Crippen LogP contribution < -0.4 is 11.2 Å². The van der Waals surface area contributed by atoms with Gasteiger partial charge in [-0.25, -0.2) is 5.48 Å². The van der Waals surface area contributed by atoms with E-state index in [-0.39, 0.29) is 11.4 Å². The Balaban J connectivity index is 3.46. The minimum Gasteiger partial charge on any atom is -0.326 e. The van der Waals surface area contributed by atoms with Gasteiger partial charge in [0.1, 0.15) is 0 Å². The molecule has 66 valence electrons. The molecule has 0 radical (unpaired) electrons. The van der Waals surface area contributed by atoms with Crippen molar-refractivity contribution in [2.45, 2.75) is 32.2 Å². The Kier molecular flexibility index (Phi) is 4.07. The molecule has 1 amide bonds. The van der Waals surface area contributed by atoms with E-state index in [4.69, 9.17) is 5.73 Å². The van der Waals surface area contributed by atoms with Gasteiger partial charge >= 0.3 is 0 Å². The van der Waals surface area contributed by atoms with Crippen molar-refractivity contribution in [3.63, 3.8) is 0 Å². The predicted molar refractivity (Wildman–Crippen MR) is 42.7 cm³/mol. The highest BCUT2D eigenvalue weighted by molar-refractivity contribution is 5.74. The topological polar surface area (TPSA) is 64.3 Å². The van der Waals surface area contributed by atoms with E-state index >= 15 is 0 Å². The fourth-order valence-electron chi connectivity index (χ4n) is 0.601. The largest absolute Gasteiger partial charge is 0.326 e. The van der Waals surface area contributed by atoms with Crippen LogP contribution >= 0.6 is 0 Å². The highest BCUT2D eigenvalue weighted by atomic mass is 16.6. The van der Waals surface area contributed by atoms with Crippen molar-refractivity contribution in [3.05, 3.63) is 0 Å². The first-order valence-corrected chi connectivity index (χ1v) is 3.56. The molecule has 0 aliphatic carbocycles. The molecule has 4 nitrogen and oxygen atoms in total. The highest BCUT2D eigenvalue weighted by Gasteiger charge is 2.12. The van der Waals surface area contributed by atoms with Gasteiger partial charge in [0.15, 0.2) is 0 Å². The van der Waals surface area contributed by atoms with Gasteiger partial charge in [-0.1, -0.05) is 0 Å². The summed E-state index contributed by atoms with van der Waals surface area (Å²) in [6.45, 7) is 3.76. The molecule has 0 aliphatic rings. The molecule has 0 aromatic heterocycles. The van der Waals surface area contributed by atoms with Crippen LogP contribution in [0.5, 0.6) is 0 Å². The van der Waals surface area contributed by atoms with Crippen LogP contribution in [-0.4, -0.2) is 18.6 Å². The summed E-state index contributed by atoms with van der Waals surface area (Å²) in [5.41, 5.74) is 7.60. The van der Waals surface area contributed by atoms with E-state index in [1.165, 1.54) is 7.11 Å². The summed E-state index contributed by atoms with van der Waals surface area (Å²) in [5.74, 6) is -0.133. The molecule has 3 N–H and O–H groups in total. The molecule has 0 fully saturated rings. The molecule has 11 heavy (non-hydrogen) atoms. The van der Waals surface area contributed by atoms with E-state index in [0.29, 0.717) is 12.8 Å². The third kappa shape index (κ3) is 7.29. The molecule has 0 spiro atoms. The molecule has 0 aliphatic heterocycles. The van der Waals surface area contributed by atoms with Crippen molar-refractivity contribution >= 4 is 5.91 Å². The molecule has 0 aromatic carbocycles. The number of hydroxylamine groups is 1. The number of nitrogens with one attached hydrogen (secondary N) is 1. The zero-order valence-electron chi connectivity index (χ0n) is 7.31. The van der Waals surface area contributed by atoms with Crippen molar-refractivity contribution in [1.29, 1.82) is 0 Å². The molecule has 0 atom stereocenters. The third-order valence-corrected chi connectivity index (χ3v) is 1.21. The van der Waals surface area contributed by atoms with Crippen LogP contribution in [0.4, 0.5) is 0 Å². The third-order valence-electron chi connectivity index (χ3n) is 1.21. The van der Waals surface area contributed by atoms with E-state index in [9.17, 15) is 4.79 Å². The van der Waals surface area contributed by atoms with Crippen molar-refractivity contribution in [3.8, 4) is 0 Å². The minimum atomic E-state index is -0.287. The summed E-state index contributed by atoms with van der Waals surface area (Å²) in [5, 5.41) is 0. The second kappa shape index (κ2) is 4.31. The number of carbonyl (C=O) groups is 1. The number of hydrogen-bond donors (Lipinski definition) is 2. The Morgan fingerprint density at radius 2 is 2.18 bits per heavy atom. The number of hydrogen-bond acceptors (Lipinski definition) is 3. The van der Waals surface area contributed by atoms with Crippen molar-refractivity contribution in [2.75, 3.05) is 7.11 Å². The SMILES string of the molecule is CONC(=O)CCC(C)(C)N. The van der Waals surface area contributed by atoms with Gasteiger partial charge in [0.2, 0.25) is 5.91 Å². The average Bonchev–Trinajstić information content (AvgIpc) is 1.83. The van der Waals surface area contributed by atoms with E-state index in [0.717, 1.165) is 0 Å². The normalized spacial score (nSPS) is 11.3. The smallest absolute Gasteiger partial charge is 0.243 e. The second-order valence-corrected chi connectivity index (χ2v) is 3.22. The summed E-state index contributed by atoms with van der Waals surface area (Å²) >= 11 is 0. The molecule has 0 saturated heterocycles. The van der Waals surface area contributed by atoms with Crippen molar-refractivity contribution < 1.29 is 9.63 Å². The lowest BCUT2D eigenvalue weighted by atomic mass is 10.0. The van der Waals surface area contributed by atoms with E-state index in [2.05, 4.69) is 10.3 Å². The van der Waals surface area contributed by atoms with Crippen molar-refractivity contribution in [1.82, 2.24) is 5.48 Å². The molecule has 0 saturated carbocycles. The van der Waals surface area contributed by atoms with E-state index < -0.39 is 0 Å². The number of carbonyl (C=O) groups excluding carboxylic acids is 1. The summed E-state index contributed by atoms with van der Waals surface area (Å²) in [6.07, 6.45) is 1.06. The predicted octanol–water partition coefficient (Wildman–Crippen LogP) is 0.181. The van der Waals surface area contributed by atoms with Gasteiger partial charge in [-0.15, -0.1) is 0 Å². The average molecular weight is 160 g/mol. The first-order valence-electron chi connectivity index (χ1n) is 3.56. The van der Waals surface area contributed by atoms with Crippen molar-refractivity contribution in [2.24, 2.45) is 5.73 Å². The number of rotatable bonds is 4. The Morgan fingerprint density at radius 1 is 1.64 bits per heavy atom. The lowest BCUT2D eigenvalue weighted by Crippen LogP contribution is -2.34. The lowest BCUT2D eigenvalue weighted by molar-refractivity contribution is -0.131. The van der Waals surface area contributed by atoms with Gasteiger partial charge in [-0.3, -0.25) is 9.63 Å². The fraction of sp³-hybridized carbons (Fsp3) is 0.857.